The zero-order valence-electron chi connectivity index (χ0n) is 24.2. The van der Waals surface area contributed by atoms with Crippen LogP contribution in [0, 0.1) is 34.5 Å². The highest BCUT2D eigenvalue weighted by Gasteiger charge is 2.77. The molecule has 7 nitrogen and oxygen atoms in total. The van der Waals surface area contributed by atoms with Crippen molar-refractivity contribution >= 4 is 6.09 Å². The van der Waals surface area contributed by atoms with E-state index in [9.17, 15) is 15.0 Å². The third-order valence-electron chi connectivity index (χ3n) is 10.7. The summed E-state index contributed by atoms with van der Waals surface area (Å²) >= 11 is 0. The Bertz CT molecular complexity index is 1220. The van der Waals surface area contributed by atoms with Crippen LogP contribution in [0.3, 0.4) is 0 Å². The van der Waals surface area contributed by atoms with Crippen molar-refractivity contribution in [2.75, 3.05) is 13.7 Å². The Morgan fingerprint density at radius 1 is 1.18 bits per heavy atom. The lowest BCUT2D eigenvalue weighted by molar-refractivity contribution is -0.312. The number of aliphatic hydroxyl groups is 2. The summed E-state index contributed by atoms with van der Waals surface area (Å²) in [7, 11) is 1.70. The summed E-state index contributed by atoms with van der Waals surface area (Å²) in [5.41, 5.74) is -0.105. The number of hydrogen-bond donors (Lipinski definition) is 2. The van der Waals surface area contributed by atoms with Crippen molar-refractivity contribution in [3.05, 3.63) is 59.2 Å². The number of fused-ring (bicyclic) bond motifs is 5. The van der Waals surface area contributed by atoms with Crippen LogP contribution in [-0.4, -0.2) is 64.6 Å². The van der Waals surface area contributed by atoms with E-state index in [1.165, 1.54) is 4.90 Å². The van der Waals surface area contributed by atoms with Crippen molar-refractivity contribution in [2.24, 2.45) is 34.5 Å². The van der Waals surface area contributed by atoms with Gasteiger partial charge in [-0.15, -0.1) is 0 Å². The summed E-state index contributed by atoms with van der Waals surface area (Å²) in [6.07, 6.45) is 1.85. The summed E-state index contributed by atoms with van der Waals surface area (Å²) in [4.78, 5) is 15.0. The molecular weight excluding hydrogens is 494 g/mol. The third-order valence-corrected chi connectivity index (χ3v) is 10.7. The maximum absolute atomic E-state index is 13.5. The van der Waals surface area contributed by atoms with Crippen LogP contribution in [0.4, 0.5) is 4.79 Å². The van der Waals surface area contributed by atoms with E-state index in [1.54, 1.807) is 7.05 Å². The minimum atomic E-state index is -1.71. The first kappa shape index (κ1) is 27.0. The van der Waals surface area contributed by atoms with Crippen LogP contribution in [0.25, 0.3) is 0 Å². The molecule has 2 bridgehead atoms. The van der Waals surface area contributed by atoms with Crippen molar-refractivity contribution in [3.8, 4) is 0 Å². The average molecular weight is 538 g/mol. The monoisotopic (exact) mass is 537 g/mol. The summed E-state index contributed by atoms with van der Waals surface area (Å²) < 4.78 is 18.8. The van der Waals surface area contributed by atoms with Gasteiger partial charge in [0.15, 0.2) is 11.9 Å². The van der Waals surface area contributed by atoms with Crippen LogP contribution >= 0.6 is 0 Å². The maximum Gasteiger partial charge on any atom is 0.410 e. The van der Waals surface area contributed by atoms with Gasteiger partial charge < -0.3 is 29.3 Å². The molecule has 0 radical (unpaired) electrons. The molecule has 212 valence electrons. The fourth-order valence-electron chi connectivity index (χ4n) is 8.72. The van der Waals surface area contributed by atoms with E-state index in [-0.39, 0.29) is 17.3 Å². The Morgan fingerprint density at radius 2 is 1.87 bits per heavy atom. The molecule has 3 fully saturated rings. The Hall–Kier alpha value is -2.19. The van der Waals surface area contributed by atoms with Crippen molar-refractivity contribution in [1.82, 2.24) is 4.90 Å². The summed E-state index contributed by atoms with van der Waals surface area (Å²) in [6.45, 7) is 12.9. The molecule has 9 atom stereocenters. The molecular formula is C32H43NO6. The van der Waals surface area contributed by atoms with Crippen LogP contribution in [0.2, 0.25) is 0 Å². The summed E-state index contributed by atoms with van der Waals surface area (Å²) in [5.74, 6) is -0.433. The van der Waals surface area contributed by atoms with Gasteiger partial charge >= 0.3 is 6.09 Å². The molecule has 1 aromatic rings. The number of carbonyl (C=O) groups excluding carboxylic acids is 1. The molecule has 1 heterocycles. The Balaban J connectivity index is 1.43. The topological polar surface area (TPSA) is 88.5 Å². The Morgan fingerprint density at radius 3 is 2.56 bits per heavy atom. The van der Waals surface area contributed by atoms with Gasteiger partial charge in [-0.1, -0.05) is 63.3 Å². The predicted molar refractivity (Wildman–Crippen MR) is 146 cm³/mol. The first-order valence-electron chi connectivity index (χ1n) is 14.3. The minimum Gasteiger partial charge on any atom is -0.438 e. The number of ether oxygens (including phenoxy) is 3. The molecule has 6 rings (SSSR count). The molecule has 1 unspecified atom stereocenters. The highest BCUT2D eigenvalue weighted by Crippen LogP contribution is 2.73. The van der Waals surface area contributed by atoms with Gasteiger partial charge in [-0.3, -0.25) is 0 Å². The first-order valence-corrected chi connectivity index (χ1v) is 14.3. The number of amides is 1. The van der Waals surface area contributed by atoms with Crippen molar-refractivity contribution < 1.29 is 29.2 Å². The smallest absolute Gasteiger partial charge is 0.410 e. The lowest BCUT2D eigenvalue weighted by atomic mass is 9.58. The molecule has 1 aliphatic heterocycles. The van der Waals surface area contributed by atoms with Crippen LogP contribution in [0.15, 0.2) is 53.6 Å². The van der Waals surface area contributed by atoms with Crippen molar-refractivity contribution in [1.29, 1.82) is 0 Å². The van der Waals surface area contributed by atoms with Gasteiger partial charge in [0.25, 0.3) is 0 Å². The van der Waals surface area contributed by atoms with E-state index in [2.05, 4.69) is 26.8 Å². The van der Waals surface area contributed by atoms with E-state index >= 15 is 0 Å². The predicted octanol–water partition coefficient (Wildman–Crippen LogP) is 4.68. The van der Waals surface area contributed by atoms with E-state index in [1.807, 2.05) is 57.2 Å². The number of aliphatic hydroxyl groups excluding tert-OH is 1. The van der Waals surface area contributed by atoms with Crippen molar-refractivity contribution in [2.45, 2.75) is 84.2 Å². The molecule has 7 heteroatoms. The quantitative estimate of drug-likeness (QED) is 0.545. The Labute approximate surface area is 231 Å². The number of rotatable bonds is 3. The van der Waals surface area contributed by atoms with Gasteiger partial charge in [-0.2, -0.15) is 0 Å². The highest BCUT2D eigenvalue weighted by molar-refractivity contribution is 5.68. The average Bonchev–Trinajstić information content (AvgIpc) is 3.37. The number of benzene rings is 1. The molecule has 1 spiro atoms. The second-order valence-corrected chi connectivity index (χ2v) is 13.8. The number of carbonyl (C=O) groups is 1. The van der Waals surface area contributed by atoms with Gasteiger partial charge in [0.2, 0.25) is 0 Å². The lowest BCUT2D eigenvalue weighted by Gasteiger charge is -2.55. The van der Waals surface area contributed by atoms with E-state index in [0.717, 1.165) is 23.1 Å². The van der Waals surface area contributed by atoms with Gasteiger partial charge in [0.05, 0.1) is 18.1 Å². The van der Waals surface area contributed by atoms with Crippen LogP contribution in [0.1, 0.15) is 53.5 Å². The van der Waals surface area contributed by atoms with E-state index in [0.29, 0.717) is 25.0 Å². The molecule has 1 aromatic carbocycles. The molecule has 1 amide bonds. The third kappa shape index (κ3) is 3.73. The van der Waals surface area contributed by atoms with Crippen LogP contribution in [-0.2, 0) is 20.8 Å². The standard InChI is InChI=1S/C32H43NO6/c1-18-15-31-19(2)13-23-24(29(23,3)4)22(25(31)34)14-21-17-37-30(5,6)39-27(21)32(31,36)26(18)38-28(35)33(7)16-20-11-9-8-10-12-20/h8-12,14-15,19,22-27,34,36H,13,16-17H2,1-7H3/t19-,22+,23-,24+,25?,26+,27-,31+,32-/m1/s1. The largest absolute Gasteiger partial charge is 0.438 e. The second kappa shape index (κ2) is 8.65. The SMILES string of the molecule is CC1=C[C@]23C(O)[C@@H](C=C4COC(C)(C)O[C@H]4[C@]2(O)[C@H]1OC(=O)N(C)Cc1ccccc1)[C@H]1[C@@H](C[C@H]3C)C1(C)C. The van der Waals surface area contributed by atoms with Crippen molar-refractivity contribution in [3.63, 3.8) is 0 Å². The molecule has 2 N–H and O–H groups in total. The zero-order chi connectivity index (χ0) is 28.1. The Kier molecular flexibility index (Phi) is 5.99. The maximum atomic E-state index is 13.5. The lowest BCUT2D eigenvalue weighted by Crippen LogP contribution is -2.69. The fraction of sp³-hybridized carbons (Fsp3) is 0.656. The first-order chi connectivity index (χ1) is 18.2. The highest BCUT2D eigenvalue weighted by atomic mass is 16.7. The van der Waals surface area contributed by atoms with E-state index < -0.39 is 41.2 Å². The molecule has 39 heavy (non-hydrogen) atoms. The van der Waals surface area contributed by atoms with E-state index in [4.69, 9.17) is 14.2 Å². The molecule has 2 saturated carbocycles. The van der Waals surface area contributed by atoms with Gasteiger partial charge in [0.1, 0.15) is 11.7 Å². The second-order valence-electron chi connectivity index (χ2n) is 13.8. The van der Waals surface area contributed by atoms with Crippen LogP contribution in [0.5, 0.6) is 0 Å². The normalized spacial score (nSPS) is 42.9. The van der Waals surface area contributed by atoms with Crippen LogP contribution < -0.4 is 0 Å². The zero-order valence-corrected chi connectivity index (χ0v) is 24.2. The van der Waals surface area contributed by atoms with Gasteiger partial charge in [-0.25, -0.2) is 4.79 Å². The van der Waals surface area contributed by atoms with Gasteiger partial charge in [-0.05, 0) is 67.1 Å². The minimum absolute atomic E-state index is 0.0696. The molecule has 1 saturated heterocycles. The fourth-order valence-corrected chi connectivity index (χ4v) is 8.72. The number of nitrogens with zero attached hydrogens (tertiary/aromatic N) is 1. The summed E-state index contributed by atoms with van der Waals surface area (Å²) in [5, 5.41) is 25.5. The molecule has 5 aliphatic rings. The van der Waals surface area contributed by atoms with Gasteiger partial charge in [0, 0.05) is 19.5 Å². The number of hydrogen-bond acceptors (Lipinski definition) is 6. The summed E-state index contributed by atoms with van der Waals surface area (Å²) in [6, 6.07) is 9.73. The molecule has 0 aromatic heterocycles. The molecule has 4 aliphatic carbocycles.